The Balaban J connectivity index is 2.43. The molecule has 0 fully saturated rings. The molecule has 4 heteroatoms. The predicted octanol–water partition coefficient (Wildman–Crippen LogP) is 5.50. The molecule has 0 aliphatic heterocycles. The van der Waals surface area contributed by atoms with E-state index in [1.54, 1.807) is 12.1 Å². The van der Waals surface area contributed by atoms with Crippen molar-refractivity contribution in [3.05, 3.63) is 34.4 Å². The van der Waals surface area contributed by atoms with E-state index >= 15 is 0 Å². The van der Waals surface area contributed by atoms with E-state index in [0.717, 1.165) is 25.0 Å². The van der Waals surface area contributed by atoms with Crippen molar-refractivity contribution < 1.29 is 9.66 Å². The molecule has 0 amide bonds. The maximum Gasteiger partial charge on any atom is 0.269 e. The van der Waals surface area contributed by atoms with Crippen LogP contribution in [0.25, 0.3) is 0 Å². The Kier molecular flexibility index (Phi) is 8.48. The van der Waals surface area contributed by atoms with Crippen LogP contribution in [0.2, 0.25) is 0 Å². The number of non-ortho nitro benzene ring substituents is 1. The summed E-state index contributed by atoms with van der Waals surface area (Å²) in [4.78, 5) is 10.2. The highest BCUT2D eigenvalue weighted by Crippen LogP contribution is 2.21. The number of hydrogen-bond donors (Lipinski definition) is 0. The zero-order chi connectivity index (χ0) is 15.5. The van der Waals surface area contributed by atoms with E-state index in [9.17, 15) is 10.1 Å². The molecule has 0 aliphatic carbocycles. The van der Waals surface area contributed by atoms with Crippen molar-refractivity contribution in [2.24, 2.45) is 0 Å². The maximum absolute atomic E-state index is 10.6. The molecule has 0 heterocycles. The van der Waals surface area contributed by atoms with Crippen LogP contribution in [0.4, 0.5) is 5.69 Å². The monoisotopic (exact) mass is 293 g/mol. The van der Waals surface area contributed by atoms with Crippen molar-refractivity contribution in [3.8, 4) is 5.75 Å². The molecule has 1 unspecified atom stereocenters. The van der Waals surface area contributed by atoms with E-state index in [2.05, 4.69) is 13.8 Å². The summed E-state index contributed by atoms with van der Waals surface area (Å²) in [5.74, 6) is 0.729. The first-order chi connectivity index (χ1) is 10.2. The second-order valence-corrected chi connectivity index (χ2v) is 5.48. The Morgan fingerprint density at radius 3 is 2.24 bits per heavy atom. The third-order valence-corrected chi connectivity index (χ3v) is 3.59. The van der Waals surface area contributed by atoms with Crippen LogP contribution in [0.5, 0.6) is 5.75 Å². The first kappa shape index (κ1) is 17.5. The summed E-state index contributed by atoms with van der Waals surface area (Å²) in [6.07, 6.45) is 9.73. The fraction of sp³-hybridized carbons (Fsp3) is 0.647. The SMILES string of the molecule is CCCCCCCC(CCC)Oc1ccc([N+](=O)[O-])cc1. The number of benzene rings is 1. The van der Waals surface area contributed by atoms with Gasteiger partial charge < -0.3 is 4.74 Å². The standard InChI is InChI=1S/C17H27NO3/c1-3-5-6-7-8-10-16(9-4-2)21-17-13-11-15(12-14-17)18(19)20/h11-14,16H,3-10H2,1-2H3. The molecule has 4 nitrogen and oxygen atoms in total. The summed E-state index contributed by atoms with van der Waals surface area (Å²) in [6.45, 7) is 4.38. The highest BCUT2D eigenvalue weighted by atomic mass is 16.6. The van der Waals surface area contributed by atoms with E-state index in [0.29, 0.717) is 0 Å². The highest BCUT2D eigenvalue weighted by Gasteiger charge is 2.11. The van der Waals surface area contributed by atoms with E-state index in [4.69, 9.17) is 4.74 Å². The lowest BCUT2D eigenvalue weighted by Crippen LogP contribution is -2.16. The largest absolute Gasteiger partial charge is 0.490 e. The fourth-order valence-corrected chi connectivity index (χ4v) is 2.40. The minimum atomic E-state index is -0.388. The summed E-state index contributed by atoms with van der Waals surface area (Å²) in [6, 6.07) is 6.38. The first-order valence-corrected chi connectivity index (χ1v) is 8.08. The first-order valence-electron chi connectivity index (χ1n) is 8.08. The van der Waals surface area contributed by atoms with Gasteiger partial charge in [-0.25, -0.2) is 0 Å². The number of hydrogen-bond acceptors (Lipinski definition) is 3. The van der Waals surface area contributed by atoms with Gasteiger partial charge in [0.2, 0.25) is 0 Å². The fourth-order valence-electron chi connectivity index (χ4n) is 2.40. The number of ether oxygens (including phenoxy) is 1. The van der Waals surface area contributed by atoms with Gasteiger partial charge in [0.25, 0.3) is 5.69 Å². The molecule has 1 rings (SSSR count). The van der Waals surface area contributed by atoms with Gasteiger partial charge in [0.05, 0.1) is 11.0 Å². The molecular weight excluding hydrogens is 266 g/mol. The van der Waals surface area contributed by atoms with Crippen molar-refractivity contribution in [3.63, 3.8) is 0 Å². The molecule has 0 saturated carbocycles. The second kappa shape index (κ2) is 10.2. The van der Waals surface area contributed by atoms with Crippen molar-refractivity contribution in [1.29, 1.82) is 0 Å². The van der Waals surface area contributed by atoms with Crippen LogP contribution in [-0.2, 0) is 0 Å². The molecule has 118 valence electrons. The molecule has 0 N–H and O–H groups in total. The van der Waals surface area contributed by atoms with Crippen molar-refractivity contribution in [1.82, 2.24) is 0 Å². The van der Waals surface area contributed by atoms with Crippen LogP contribution in [0.15, 0.2) is 24.3 Å². The van der Waals surface area contributed by atoms with Crippen LogP contribution in [0.3, 0.4) is 0 Å². The molecule has 1 aromatic carbocycles. The van der Waals surface area contributed by atoms with Crippen molar-refractivity contribution in [2.45, 2.75) is 71.3 Å². The quantitative estimate of drug-likeness (QED) is 0.307. The summed E-state index contributed by atoms with van der Waals surface area (Å²) < 4.78 is 5.97. The molecule has 21 heavy (non-hydrogen) atoms. The van der Waals surface area contributed by atoms with Gasteiger partial charge in [-0.3, -0.25) is 10.1 Å². The molecule has 0 saturated heterocycles. The number of nitrogens with zero attached hydrogens (tertiary/aromatic N) is 1. The van der Waals surface area contributed by atoms with Gasteiger partial charge >= 0.3 is 0 Å². The Morgan fingerprint density at radius 1 is 1.00 bits per heavy atom. The third kappa shape index (κ3) is 7.11. The van der Waals surface area contributed by atoms with Crippen molar-refractivity contribution >= 4 is 5.69 Å². The van der Waals surface area contributed by atoms with Crippen molar-refractivity contribution in [2.75, 3.05) is 0 Å². The Hall–Kier alpha value is -1.58. The van der Waals surface area contributed by atoms with Crippen LogP contribution in [0.1, 0.15) is 65.2 Å². The lowest BCUT2D eigenvalue weighted by molar-refractivity contribution is -0.384. The topological polar surface area (TPSA) is 52.4 Å². The van der Waals surface area contributed by atoms with Crippen LogP contribution in [-0.4, -0.2) is 11.0 Å². The van der Waals surface area contributed by atoms with Crippen LogP contribution >= 0.6 is 0 Å². The average molecular weight is 293 g/mol. The number of unbranched alkanes of at least 4 members (excludes halogenated alkanes) is 4. The predicted molar refractivity (Wildman–Crippen MR) is 85.8 cm³/mol. The lowest BCUT2D eigenvalue weighted by atomic mass is 10.0. The summed E-state index contributed by atoms with van der Waals surface area (Å²) in [5.41, 5.74) is 0.106. The van der Waals surface area contributed by atoms with Gasteiger partial charge in [-0.1, -0.05) is 46.0 Å². The van der Waals surface area contributed by atoms with Gasteiger partial charge in [0.15, 0.2) is 0 Å². The van der Waals surface area contributed by atoms with Gasteiger partial charge in [0.1, 0.15) is 5.75 Å². The smallest absolute Gasteiger partial charge is 0.269 e. The molecular formula is C17H27NO3. The van der Waals surface area contributed by atoms with E-state index in [-0.39, 0.29) is 16.7 Å². The summed E-state index contributed by atoms with van der Waals surface area (Å²) in [5, 5.41) is 10.6. The second-order valence-electron chi connectivity index (χ2n) is 5.48. The molecule has 1 aromatic rings. The Bertz CT molecular complexity index is 403. The molecule has 1 atom stereocenters. The van der Waals surface area contributed by atoms with E-state index < -0.39 is 0 Å². The number of nitro groups is 1. The normalized spacial score (nSPS) is 12.1. The Labute approximate surface area is 127 Å². The van der Waals surface area contributed by atoms with E-state index in [1.807, 2.05) is 0 Å². The third-order valence-electron chi connectivity index (χ3n) is 3.59. The van der Waals surface area contributed by atoms with E-state index in [1.165, 1.54) is 44.2 Å². The maximum atomic E-state index is 10.6. The molecule has 0 bridgehead atoms. The zero-order valence-corrected chi connectivity index (χ0v) is 13.2. The van der Waals surface area contributed by atoms with Gasteiger partial charge in [-0.05, 0) is 31.4 Å². The Morgan fingerprint density at radius 2 is 1.67 bits per heavy atom. The van der Waals surface area contributed by atoms with Gasteiger partial charge in [0, 0.05) is 12.1 Å². The minimum Gasteiger partial charge on any atom is -0.490 e. The average Bonchev–Trinajstić information content (AvgIpc) is 2.47. The molecule has 0 aliphatic rings. The molecule has 0 spiro atoms. The van der Waals surface area contributed by atoms with Gasteiger partial charge in [-0.2, -0.15) is 0 Å². The van der Waals surface area contributed by atoms with Crippen LogP contribution < -0.4 is 4.74 Å². The number of rotatable bonds is 11. The molecule has 0 aromatic heterocycles. The molecule has 0 radical (unpaired) electrons. The zero-order valence-electron chi connectivity index (χ0n) is 13.2. The summed E-state index contributed by atoms with van der Waals surface area (Å²) >= 11 is 0. The lowest BCUT2D eigenvalue weighted by Gasteiger charge is -2.18. The highest BCUT2D eigenvalue weighted by molar-refractivity contribution is 5.36. The number of nitro benzene ring substituents is 1. The summed E-state index contributed by atoms with van der Waals surface area (Å²) in [7, 11) is 0. The van der Waals surface area contributed by atoms with Crippen LogP contribution in [0, 0.1) is 10.1 Å². The van der Waals surface area contributed by atoms with Gasteiger partial charge in [-0.15, -0.1) is 0 Å². The minimum absolute atomic E-state index is 0.106.